The van der Waals surface area contributed by atoms with Crippen LogP contribution in [0.4, 0.5) is 0 Å². The van der Waals surface area contributed by atoms with Gasteiger partial charge in [0.05, 0.1) is 24.0 Å². The van der Waals surface area contributed by atoms with Gasteiger partial charge in [0.15, 0.2) is 0 Å². The van der Waals surface area contributed by atoms with Gasteiger partial charge in [-0.3, -0.25) is 0 Å². The Labute approximate surface area is 101 Å². The van der Waals surface area contributed by atoms with Gasteiger partial charge in [0, 0.05) is 6.20 Å². The topological polar surface area (TPSA) is 63.5 Å². The van der Waals surface area contributed by atoms with Gasteiger partial charge >= 0.3 is 0 Å². The normalized spacial score (nSPS) is 13.5. The Morgan fingerprint density at radius 1 is 1.47 bits per heavy atom. The summed E-state index contributed by atoms with van der Waals surface area (Å²) in [6.07, 6.45) is 1.95. The molecule has 0 aromatic carbocycles. The first-order chi connectivity index (χ1) is 8.06. The van der Waals surface area contributed by atoms with Crippen molar-refractivity contribution in [3.63, 3.8) is 0 Å². The molecule has 2 rings (SSSR count). The smallest absolute Gasteiger partial charge is 0.140 e. The minimum atomic E-state index is -0.385. The van der Waals surface area contributed by atoms with E-state index in [1.165, 1.54) is 0 Å². The van der Waals surface area contributed by atoms with Crippen molar-refractivity contribution >= 4 is 5.65 Å². The highest BCUT2D eigenvalue weighted by atomic mass is 16.3. The number of hydrogen-bond donors (Lipinski definition) is 2. The van der Waals surface area contributed by atoms with Crippen molar-refractivity contribution in [2.75, 3.05) is 6.61 Å². The highest BCUT2D eigenvalue weighted by Gasteiger charge is 2.20. The molecule has 0 radical (unpaired) electrons. The van der Waals surface area contributed by atoms with Gasteiger partial charge in [-0.25, -0.2) is 4.98 Å². The fourth-order valence-corrected chi connectivity index (χ4v) is 2.12. The van der Waals surface area contributed by atoms with Crippen LogP contribution in [-0.2, 0) is 0 Å². The molecule has 0 aliphatic carbocycles. The Kier molecular flexibility index (Phi) is 3.17. The summed E-state index contributed by atoms with van der Waals surface area (Å²) in [7, 11) is 0. The van der Waals surface area contributed by atoms with Crippen LogP contribution in [0.2, 0.25) is 0 Å². The molecule has 0 amide bonds. The molecule has 0 fully saturated rings. The van der Waals surface area contributed by atoms with Crippen LogP contribution in [0.15, 0.2) is 18.3 Å². The van der Waals surface area contributed by atoms with Crippen molar-refractivity contribution in [3.8, 4) is 0 Å². The van der Waals surface area contributed by atoms with Gasteiger partial charge in [-0.05, 0) is 24.5 Å². The number of rotatable bonds is 3. The molecule has 4 heteroatoms. The lowest BCUT2D eigenvalue weighted by Crippen LogP contribution is -2.18. The van der Waals surface area contributed by atoms with Crippen LogP contribution >= 0.6 is 0 Å². The molecule has 0 aliphatic heterocycles. The molecular weight excluding hydrogens is 214 g/mol. The number of hydrogen-bond acceptors (Lipinski definition) is 3. The largest absolute Gasteiger partial charge is 0.394 e. The molecule has 3 N–H and O–H groups in total. The minimum absolute atomic E-state index is 0.0680. The molecule has 1 unspecified atom stereocenters. The maximum Gasteiger partial charge on any atom is 0.140 e. The Bertz CT molecular complexity index is 531. The van der Waals surface area contributed by atoms with Crippen LogP contribution < -0.4 is 5.73 Å². The Morgan fingerprint density at radius 3 is 2.76 bits per heavy atom. The van der Waals surface area contributed by atoms with Gasteiger partial charge < -0.3 is 15.2 Å². The van der Waals surface area contributed by atoms with E-state index in [2.05, 4.69) is 18.8 Å². The fraction of sp³-hybridized carbons (Fsp3) is 0.462. The Morgan fingerprint density at radius 2 is 2.18 bits per heavy atom. The summed E-state index contributed by atoms with van der Waals surface area (Å²) >= 11 is 0. The second-order valence-electron chi connectivity index (χ2n) is 4.71. The van der Waals surface area contributed by atoms with Crippen LogP contribution in [0.25, 0.3) is 5.65 Å². The van der Waals surface area contributed by atoms with Crippen LogP contribution in [-0.4, -0.2) is 21.1 Å². The molecule has 0 spiro atoms. The number of nitrogens with two attached hydrogens (primary N) is 1. The molecule has 2 aromatic heterocycles. The molecule has 2 aromatic rings. The van der Waals surface area contributed by atoms with Crippen molar-refractivity contribution in [1.82, 2.24) is 9.38 Å². The van der Waals surface area contributed by atoms with E-state index in [9.17, 15) is 5.11 Å². The number of imidazole rings is 1. The van der Waals surface area contributed by atoms with E-state index >= 15 is 0 Å². The molecular formula is C13H19N3O. The molecule has 0 saturated heterocycles. The van der Waals surface area contributed by atoms with Crippen LogP contribution in [0.5, 0.6) is 0 Å². The van der Waals surface area contributed by atoms with E-state index < -0.39 is 0 Å². The maximum absolute atomic E-state index is 9.28. The summed E-state index contributed by atoms with van der Waals surface area (Å²) in [5, 5.41) is 9.28. The molecule has 0 saturated carbocycles. The number of fused-ring (bicyclic) bond motifs is 1. The maximum atomic E-state index is 9.28. The van der Waals surface area contributed by atoms with E-state index in [4.69, 9.17) is 5.73 Å². The second-order valence-corrected chi connectivity index (χ2v) is 4.71. The Hall–Kier alpha value is -1.39. The molecule has 1 atom stereocenters. The van der Waals surface area contributed by atoms with Crippen molar-refractivity contribution in [2.45, 2.75) is 32.7 Å². The third-order valence-corrected chi connectivity index (χ3v) is 3.01. The summed E-state index contributed by atoms with van der Waals surface area (Å²) in [5.74, 6) is 0.293. The molecule has 92 valence electrons. The van der Waals surface area contributed by atoms with Gasteiger partial charge in [0.1, 0.15) is 5.65 Å². The lowest BCUT2D eigenvalue weighted by atomic mass is 10.0. The summed E-state index contributed by atoms with van der Waals surface area (Å²) in [5.41, 5.74) is 9.92. The quantitative estimate of drug-likeness (QED) is 0.849. The zero-order chi connectivity index (χ0) is 12.6. The Balaban J connectivity index is 2.76. The van der Waals surface area contributed by atoms with Gasteiger partial charge in [-0.2, -0.15) is 0 Å². The first kappa shape index (κ1) is 12.1. The predicted molar refractivity (Wildman–Crippen MR) is 68.0 cm³/mol. The minimum Gasteiger partial charge on any atom is -0.394 e. The van der Waals surface area contributed by atoms with E-state index in [0.717, 1.165) is 22.6 Å². The monoisotopic (exact) mass is 233 g/mol. The fourth-order valence-electron chi connectivity index (χ4n) is 2.12. The molecule has 2 heterocycles. The third kappa shape index (κ3) is 1.94. The molecule has 17 heavy (non-hydrogen) atoms. The molecule has 4 nitrogen and oxygen atoms in total. The van der Waals surface area contributed by atoms with Crippen LogP contribution in [0.1, 0.15) is 42.8 Å². The standard InChI is InChI=1S/C13H19N3O/c1-8(2)11-12(10(14)7-17)16-6-4-5-9(3)13(16)15-11/h4-6,8,10,17H,7,14H2,1-3H3. The van der Waals surface area contributed by atoms with E-state index in [1.807, 2.05) is 29.7 Å². The third-order valence-electron chi connectivity index (χ3n) is 3.01. The molecule has 0 aliphatic rings. The van der Waals surface area contributed by atoms with Crippen molar-refractivity contribution in [1.29, 1.82) is 0 Å². The zero-order valence-corrected chi connectivity index (χ0v) is 10.5. The van der Waals surface area contributed by atoms with E-state index in [-0.39, 0.29) is 12.6 Å². The number of aryl methyl sites for hydroxylation is 1. The van der Waals surface area contributed by atoms with Gasteiger partial charge in [-0.1, -0.05) is 19.9 Å². The predicted octanol–water partition coefficient (Wildman–Crippen LogP) is 1.76. The average Bonchev–Trinajstić information content (AvgIpc) is 2.69. The SMILES string of the molecule is Cc1cccn2c(C(N)CO)c(C(C)C)nc12. The summed E-state index contributed by atoms with van der Waals surface area (Å²) in [6, 6.07) is 3.62. The summed E-state index contributed by atoms with van der Waals surface area (Å²) < 4.78 is 1.99. The van der Waals surface area contributed by atoms with Gasteiger partial charge in [0.25, 0.3) is 0 Å². The summed E-state index contributed by atoms with van der Waals surface area (Å²) in [4.78, 5) is 4.65. The summed E-state index contributed by atoms with van der Waals surface area (Å²) in [6.45, 7) is 6.14. The highest BCUT2D eigenvalue weighted by Crippen LogP contribution is 2.25. The van der Waals surface area contributed by atoms with Gasteiger partial charge in [-0.15, -0.1) is 0 Å². The zero-order valence-electron chi connectivity index (χ0n) is 10.5. The number of pyridine rings is 1. The second kappa shape index (κ2) is 4.47. The van der Waals surface area contributed by atoms with Crippen molar-refractivity contribution < 1.29 is 5.11 Å². The number of aromatic nitrogens is 2. The number of aliphatic hydroxyl groups is 1. The van der Waals surface area contributed by atoms with Crippen LogP contribution in [0, 0.1) is 6.92 Å². The first-order valence-electron chi connectivity index (χ1n) is 5.90. The van der Waals surface area contributed by atoms with Crippen LogP contribution in [0.3, 0.4) is 0 Å². The number of aliphatic hydroxyl groups excluding tert-OH is 1. The van der Waals surface area contributed by atoms with E-state index in [1.54, 1.807) is 0 Å². The van der Waals surface area contributed by atoms with Gasteiger partial charge in [0.2, 0.25) is 0 Å². The van der Waals surface area contributed by atoms with E-state index in [0.29, 0.717) is 5.92 Å². The lowest BCUT2D eigenvalue weighted by Gasteiger charge is -2.12. The lowest BCUT2D eigenvalue weighted by molar-refractivity contribution is 0.264. The number of nitrogens with zero attached hydrogens (tertiary/aromatic N) is 2. The van der Waals surface area contributed by atoms with Crippen molar-refractivity contribution in [3.05, 3.63) is 35.3 Å². The highest BCUT2D eigenvalue weighted by molar-refractivity contribution is 5.51. The average molecular weight is 233 g/mol. The molecule has 0 bridgehead atoms. The van der Waals surface area contributed by atoms with Crippen molar-refractivity contribution in [2.24, 2.45) is 5.73 Å². The first-order valence-corrected chi connectivity index (χ1v) is 5.90.